The van der Waals surface area contributed by atoms with E-state index in [1.165, 1.54) is 57.8 Å². The Morgan fingerprint density at radius 1 is 0.548 bits per heavy atom. The van der Waals surface area contributed by atoms with Gasteiger partial charge < -0.3 is 9.84 Å². The van der Waals surface area contributed by atoms with Gasteiger partial charge >= 0.3 is 11.9 Å². The van der Waals surface area contributed by atoms with Gasteiger partial charge in [-0.1, -0.05) is 139 Å². The summed E-state index contributed by atoms with van der Waals surface area (Å²) in [5.41, 5.74) is 0. The Morgan fingerprint density at radius 3 is 1.43 bits per heavy atom. The Balaban J connectivity index is 3.60. The zero-order valence-corrected chi connectivity index (χ0v) is 27.3. The Kier molecular flexibility index (Phi) is 31.3. The van der Waals surface area contributed by atoms with Crippen LogP contribution in [0.1, 0.15) is 162 Å². The highest BCUT2D eigenvalue weighted by atomic mass is 16.5. The lowest BCUT2D eigenvalue weighted by Crippen LogP contribution is -2.17. The van der Waals surface area contributed by atoms with Crippen LogP contribution in [-0.2, 0) is 14.3 Å². The Labute approximate surface area is 259 Å². The van der Waals surface area contributed by atoms with Gasteiger partial charge in [0.15, 0.2) is 0 Å². The predicted molar refractivity (Wildman–Crippen MR) is 181 cm³/mol. The van der Waals surface area contributed by atoms with Gasteiger partial charge in [0.25, 0.3) is 0 Å². The molecule has 4 heteroatoms. The van der Waals surface area contributed by atoms with Crippen LogP contribution in [0.3, 0.4) is 0 Å². The molecular formula is C38H64O4. The van der Waals surface area contributed by atoms with E-state index in [4.69, 9.17) is 9.84 Å². The molecule has 0 aliphatic heterocycles. The minimum Gasteiger partial charge on any atom is -0.481 e. The van der Waals surface area contributed by atoms with Crippen molar-refractivity contribution in [2.45, 2.75) is 168 Å². The molecule has 0 amide bonds. The van der Waals surface area contributed by atoms with Crippen molar-refractivity contribution in [2.75, 3.05) is 0 Å². The number of rotatable bonds is 30. The molecule has 0 saturated heterocycles. The van der Waals surface area contributed by atoms with Gasteiger partial charge in [-0.15, -0.1) is 0 Å². The molecule has 0 aliphatic carbocycles. The maximum absolute atomic E-state index is 12.2. The van der Waals surface area contributed by atoms with Crippen LogP contribution >= 0.6 is 0 Å². The highest BCUT2D eigenvalue weighted by molar-refractivity contribution is 5.69. The smallest absolute Gasteiger partial charge is 0.306 e. The molecule has 42 heavy (non-hydrogen) atoms. The summed E-state index contributed by atoms with van der Waals surface area (Å²) in [6.07, 6.45) is 46.0. The van der Waals surface area contributed by atoms with Crippen molar-refractivity contribution in [1.29, 1.82) is 0 Å². The minimum atomic E-state index is -0.676. The zero-order valence-electron chi connectivity index (χ0n) is 27.3. The Morgan fingerprint density at radius 2 is 0.976 bits per heavy atom. The van der Waals surface area contributed by atoms with E-state index in [2.05, 4.69) is 74.6 Å². The molecule has 0 aromatic rings. The van der Waals surface area contributed by atoms with Gasteiger partial charge in [-0.3, -0.25) is 9.59 Å². The lowest BCUT2D eigenvalue weighted by Gasteiger charge is -2.16. The summed E-state index contributed by atoms with van der Waals surface area (Å²) in [4.78, 5) is 22.7. The first-order valence-electron chi connectivity index (χ1n) is 17.3. The minimum absolute atomic E-state index is 0.0453. The SMILES string of the molecule is CC/C=C\C/C=C\C/C=C\C/C=C\C/C=C\CCCC(=O)OC(CC)CCCCCCCCCCCCCCC(=O)O. The second-order valence-corrected chi connectivity index (χ2v) is 11.3. The molecule has 1 unspecified atom stereocenters. The van der Waals surface area contributed by atoms with Gasteiger partial charge in [-0.25, -0.2) is 0 Å². The third kappa shape index (κ3) is 32.2. The third-order valence-electron chi connectivity index (χ3n) is 7.33. The number of carboxylic acid groups (broad SMARTS) is 1. The molecule has 0 fully saturated rings. The third-order valence-corrected chi connectivity index (χ3v) is 7.33. The van der Waals surface area contributed by atoms with Gasteiger partial charge in [-0.2, -0.15) is 0 Å². The van der Waals surface area contributed by atoms with Crippen LogP contribution in [0, 0.1) is 0 Å². The molecule has 0 heterocycles. The van der Waals surface area contributed by atoms with Crippen LogP contribution < -0.4 is 0 Å². The molecule has 0 aliphatic rings. The molecule has 0 aromatic heterocycles. The van der Waals surface area contributed by atoms with Crippen LogP contribution in [0.25, 0.3) is 0 Å². The van der Waals surface area contributed by atoms with Crippen LogP contribution in [-0.4, -0.2) is 23.1 Å². The van der Waals surface area contributed by atoms with Crippen molar-refractivity contribution in [3.63, 3.8) is 0 Å². The quantitative estimate of drug-likeness (QED) is 0.0518. The molecule has 0 spiro atoms. The summed E-state index contributed by atoms with van der Waals surface area (Å²) in [7, 11) is 0. The van der Waals surface area contributed by atoms with E-state index in [0.717, 1.165) is 77.0 Å². The van der Waals surface area contributed by atoms with Gasteiger partial charge in [0.1, 0.15) is 6.10 Å². The fourth-order valence-corrected chi connectivity index (χ4v) is 4.74. The number of carbonyl (C=O) groups is 2. The Bertz CT molecular complexity index is 759. The monoisotopic (exact) mass is 584 g/mol. The molecule has 1 atom stereocenters. The predicted octanol–water partition coefficient (Wildman–Crippen LogP) is 11.8. The molecule has 0 radical (unpaired) electrons. The average molecular weight is 585 g/mol. The number of allylic oxidation sites excluding steroid dienone is 10. The fourth-order valence-electron chi connectivity index (χ4n) is 4.74. The fraction of sp³-hybridized carbons (Fsp3) is 0.684. The largest absolute Gasteiger partial charge is 0.481 e. The second-order valence-electron chi connectivity index (χ2n) is 11.3. The molecular weight excluding hydrogens is 520 g/mol. The summed E-state index contributed by atoms with van der Waals surface area (Å²) < 4.78 is 5.73. The summed E-state index contributed by atoms with van der Waals surface area (Å²) in [5.74, 6) is -0.721. The molecule has 0 aromatic carbocycles. The second kappa shape index (κ2) is 33.1. The molecule has 0 bridgehead atoms. The lowest BCUT2D eigenvalue weighted by molar-refractivity contribution is -0.149. The maximum atomic E-state index is 12.2. The first-order valence-corrected chi connectivity index (χ1v) is 17.3. The lowest BCUT2D eigenvalue weighted by atomic mass is 10.0. The first-order chi connectivity index (χ1) is 20.6. The van der Waals surface area contributed by atoms with Crippen LogP contribution in [0.15, 0.2) is 60.8 Å². The van der Waals surface area contributed by atoms with Gasteiger partial charge in [0.05, 0.1) is 0 Å². The summed E-state index contributed by atoms with van der Waals surface area (Å²) in [6.45, 7) is 4.27. The number of unbranched alkanes of at least 4 members (excludes halogenated alkanes) is 12. The van der Waals surface area contributed by atoms with E-state index in [-0.39, 0.29) is 12.1 Å². The van der Waals surface area contributed by atoms with Crippen LogP contribution in [0.2, 0.25) is 0 Å². The van der Waals surface area contributed by atoms with Crippen molar-refractivity contribution in [1.82, 2.24) is 0 Å². The van der Waals surface area contributed by atoms with Crippen molar-refractivity contribution in [2.24, 2.45) is 0 Å². The number of carboxylic acids is 1. The number of carbonyl (C=O) groups excluding carboxylic acids is 1. The molecule has 240 valence electrons. The van der Waals surface area contributed by atoms with Crippen molar-refractivity contribution < 1.29 is 19.4 Å². The topological polar surface area (TPSA) is 63.6 Å². The summed E-state index contributed by atoms with van der Waals surface area (Å²) in [6, 6.07) is 0. The maximum Gasteiger partial charge on any atom is 0.306 e. The molecule has 0 saturated carbocycles. The first kappa shape index (κ1) is 39.6. The zero-order chi connectivity index (χ0) is 30.8. The Hall–Kier alpha value is -2.36. The van der Waals surface area contributed by atoms with Gasteiger partial charge in [-0.05, 0) is 70.6 Å². The van der Waals surface area contributed by atoms with E-state index in [1.807, 2.05) is 0 Å². The van der Waals surface area contributed by atoms with Crippen LogP contribution in [0.4, 0.5) is 0 Å². The van der Waals surface area contributed by atoms with Gasteiger partial charge in [0, 0.05) is 12.8 Å². The number of ether oxygens (including phenoxy) is 1. The standard InChI is InChI=1S/C38H64O4/c1-3-5-6-7-8-9-10-11-12-13-14-15-20-23-26-29-32-35-38(41)42-36(4-2)33-30-27-24-21-18-16-17-19-22-25-28-31-34-37(39)40/h5-6,8-9,11-12,14-15,23,26,36H,3-4,7,10,13,16-22,24-25,27-35H2,1-2H3,(H,39,40)/b6-5-,9-8-,12-11-,15-14-,26-23-. The number of hydrogen-bond donors (Lipinski definition) is 1. The van der Waals surface area contributed by atoms with E-state index in [9.17, 15) is 9.59 Å². The van der Waals surface area contributed by atoms with E-state index in [1.54, 1.807) is 0 Å². The van der Waals surface area contributed by atoms with Crippen molar-refractivity contribution in [3.8, 4) is 0 Å². The van der Waals surface area contributed by atoms with Crippen LogP contribution in [0.5, 0.6) is 0 Å². The number of aliphatic carboxylic acids is 1. The summed E-state index contributed by atoms with van der Waals surface area (Å²) >= 11 is 0. The van der Waals surface area contributed by atoms with Crippen molar-refractivity contribution in [3.05, 3.63) is 60.8 Å². The van der Waals surface area contributed by atoms with Gasteiger partial charge in [0.2, 0.25) is 0 Å². The van der Waals surface area contributed by atoms with E-state index in [0.29, 0.717) is 12.8 Å². The van der Waals surface area contributed by atoms with E-state index < -0.39 is 5.97 Å². The number of hydrogen-bond acceptors (Lipinski definition) is 3. The molecule has 4 nitrogen and oxygen atoms in total. The van der Waals surface area contributed by atoms with Crippen molar-refractivity contribution >= 4 is 11.9 Å². The highest BCUT2D eigenvalue weighted by Crippen LogP contribution is 2.16. The highest BCUT2D eigenvalue weighted by Gasteiger charge is 2.11. The molecule has 1 N–H and O–H groups in total. The molecule has 0 rings (SSSR count). The number of esters is 1. The summed E-state index contributed by atoms with van der Waals surface area (Å²) in [5, 5.41) is 8.64. The average Bonchev–Trinajstić information content (AvgIpc) is 2.98. The van der Waals surface area contributed by atoms with E-state index >= 15 is 0 Å². The normalized spacial score (nSPS) is 13.0.